The molecule has 130 valence electrons. The third-order valence-electron chi connectivity index (χ3n) is 4.15. The summed E-state index contributed by atoms with van der Waals surface area (Å²) in [5.74, 6) is 0.800. The number of nitrogens with one attached hydrogen (secondary N) is 2. The van der Waals surface area contributed by atoms with Crippen LogP contribution >= 0.6 is 0 Å². The first kappa shape index (κ1) is 16.9. The zero-order chi connectivity index (χ0) is 18.1. The molecule has 0 aliphatic carbocycles. The number of amides is 1. The van der Waals surface area contributed by atoms with Crippen LogP contribution in [-0.4, -0.2) is 25.8 Å². The third kappa shape index (κ3) is 3.45. The highest BCUT2D eigenvalue weighted by Gasteiger charge is 2.23. The Morgan fingerprint density at radius 1 is 1.24 bits per heavy atom. The number of aromatic nitrogens is 4. The normalized spacial score (nSPS) is 12.5. The van der Waals surface area contributed by atoms with Crippen molar-refractivity contribution >= 4 is 22.9 Å². The first-order chi connectivity index (χ1) is 11.8. The number of H-pyrrole nitrogens is 1. The maximum Gasteiger partial charge on any atom is 0.255 e. The monoisotopic (exact) mass is 338 g/mol. The second kappa shape index (κ2) is 6.51. The molecule has 25 heavy (non-hydrogen) atoms. The Balaban J connectivity index is 1.91. The van der Waals surface area contributed by atoms with Gasteiger partial charge in [0.05, 0.1) is 28.3 Å². The molecule has 2 heterocycles. The van der Waals surface area contributed by atoms with Gasteiger partial charge in [0.15, 0.2) is 0 Å². The number of aryl methyl sites for hydroxylation is 2. The Bertz CT molecular complexity index is 930. The minimum absolute atomic E-state index is 0.153. The fraction of sp³-hybridized carbons (Fsp3) is 0.333. The van der Waals surface area contributed by atoms with Gasteiger partial charge in [-0.3, -0.25) is 4.79 Å². The Hall–Kier alpha value is -2.96. The number of nitrogens with zero attached hydrogens (tertiary/aromatic N) is 3. The average Bonchev–Trinajstić information content (AvgIpc) is 2.94. The number of nitrogen functional groups attached to an aromatic ring is 1. The fourth-order valence-electron chi connectivity index (χ4n) is 2.77. The highest BCUT2D eigenvalue weighted by molar-refractivity contribution is 5.95. The topological polar surface area (TPSA) is 110 Å². The molecule has 3 rings (SSSR count). The van der Waals surface area contributed by atoms with Crippen LogP contribution in [0.25, 0.3) is 11.0 Å². The number of fused-ring (bicyclic) bond motifs is 1. The van der Waals surface area contributed by atoms with Gasteiger partial charge in [-0.25, -0.2) is 15.0 Å². The lowest BCUT2D eigenvalue weighted by molar-refractivity contribution is 0.0922. The average molecular weight is 338 g/mol. The van der Waals surface area contributed by atoms with Crippen molar-refractivity contribution in [2.45, 2.75) is 33.7 Å². The minimum atomic E-state index is -0.253. The molecular formula is C18H22N6O. The van der Waals surface area contributed by atoms with E-state index >= 15 is 0 Å². The van der Waals surface area contributed by atoms with Gasteiger partial charge in [-0.15, -0.1) is 0 Å². The van der Waals surface area contributed by atoms with E-state index in [9.17, 15) is 4.79 Å². The molecular weight excluding hydrogens is 316 g/mol. The minimum Gasteiger partial charge on any atom is -0.368 e. The van der Waals surface area contributed by atoms with E-state index in [1.165, 1.54) is 6.20 Å². The summed E-state index contributed by atoms with van der Waals surface area (Å²) in [5.41, 5.74) is 9.51. The van der Waals surface area contributed by atoms with E-state index in [2.05, 4.69) is 25.3 Å². The van der Waals surface area contributed by atoms with Gasteiger partial charge in [-0.05, 0) is 37.5 Å². The molecule has 0 bridgehead atoms. The van der Waals surface area contributed by atoms with Crippen molar-refractivity contribution < 1.29 is 4.79 Å². The van der Waals surface area contributed by atoms with Gasteiger partial charge < -0.3 is 16.0 Å². The molecule has 1 aromatic carbocycles. The number of anilines is 1. The van der Waals surface area contributed by atoms with E-state index in [0.29, 0.717) is 11.3 Å². The summed E-state index contributed by atoms with van der Waals surface area (Å²) >= 11 is 0. The van der Waals surface area contributed by atoms with Gasteiger partial charge in [-0.2, -0.15) is 0 Å². The molecule has 0 aliphatic heterocycles. The van der Waals surface area contributed by atoms with Crippen molar-refractivity contribution in [3.8, 4) is 0 Å². The number of hydrogen-bond donors (Lipinski definition) is 3. The number of rotatable bonds is 4. The van der Waals surface area contributed by atoms with Crippen molar-refractivity contribution in [2.75, 3.05) is 5.73 Å². The van der Waals surface area contributed by atoms with Crippen LogP contribution in [0.5, 0.6) is 0 Å². The number of benzene rings is 1. The Kier molecular flexibility index (Phi) is 4.39. The highest BCUT2D eigenvalue weighted by atomic mass is 16.1. The lowest BCUT2D eigenvalue weighted by Crippen LogP contribution is -2.33. The second-order valence-electron chi connectivity index (χ2n) is 6.57. The van der Waals surface area contributed by atoms with Gasteiger partial charge in [0, 0.05) is 6.20 Å². The molecule has 0 saturated heterocycles. The van der Waals surface area contributed by atoms with Crippen LogP contribution < -0.4 is 11.1 Å². The van der Waals surface area contributed by atoms with E-state index in [4.69, 9.17) is 5.73 Å². The maximum atomic E-state index is 12.7. The predicted molar refractivity (Wildman–Crippen MR) is 97.1 cm³/mol. The van der Waals surface area contributed by atoms with Gasteiger partial charge in [-0.1, -0.05) is 19.9 Å². The Labute approximate surface area is 146 Å². The molecule has 3 aromatic rings. The van der Waals surface area contributed by atoms with Gasteiger partial charge in [0.25, 0.3) is 5.91 Å². The third-order valence-corrected chi connectivity index (χ3v) is 4.15. The van der Waals surface area contributed by atoms with Gasteiger partial charge in [0.1, 0.15) is 5.82 Å². The lowest BCUT2D eigenvalue weighted by atomic mass is 10.0. The smallest absolute Gasteiger partial charge is 0.255 e. The van der Waals surface area contributed by atoms with Crippen LogP contribution in [-0.2, 0) is 0 Å². The lowest BCUT2D eigenvalue weighted by Gasteiger charge is -2.20. The summed E-state index contributed by atoms with van der Waals surface area (Å²) in [6.07, 6.45) is 1.45. The number of imidazole rings is 1. The van der Waals surface area contributed by atoms with Crippen LogP contribution in [0, 0.1) is 19.8 Å². The molecule has 1 atom stereocenters. The van der Waals surface area contributed by atoms with Gasteiger partial charge in [0.2, 0.25) is 5.95 Å². The summed E-state index contributed by atoms with van der Waals surface area (Å²) in [6, 6.07) is 5.78. The van der Waals surface area contributed by atoms with E-state index in [0.717, 1.165) is 22.4 Å². The molecule has 1 amide bonds. The number of carbonyl (C=O) groups excluding carboxylic acids is 1. The quantitative estimate of drug-likeness (QED) is 0.677. The zero-order valence-corrected chi connectivity index (χ0v) is 14.8. The van der Waals surface area contributed by atoms with Crippen molar-refractivity contribution in [1.29, 1.82) is 0 Å². The first-order valence-corrected chi connectivity index (χ1v) is 8.21. The molecule has 0 saturated carbocycles. The summed E-state index contributed by atoms with van der Waals surface area (Å²) in [5, 5.41) is 3.03. The summed E-state index contributed by atoms with van der Waals surface area (Å²) < 4.78 is 0. The summed E-state index contributed by atoms with van der Waals surface area (Å²) in [6.45, 7) is 7.85. The van der Waals surface area contributed by atoms with Crippen LogP contribution in [0.1, 0.15) is 47.3 Å². The van der Waals surface area contributed by atoms with Crippen molar-refractivity contribution in [2.24, 2.45) is 5.92 Å². The number of nitrogens with two attached hydrogens (primary N) is 1. The number of carbonyl (C=O) groups is 1. The molecule has 1 unspecified atom stereocenters. The van der Waals surface area contributed by atoms with Crippen molar-refractivity contribution in [3.05, 3.63) is 47.0 Å². The van der Waals surface area contributed by atoms with E-state index in [-0.39, 0.29) is 23.8 Å². The molecule has 0 spiro atoms. The molecule has 2 aromatic heterocycles. The molecule has 7 heteroatoms. The van der Waals surface area contributed by atoms with Crippen molar-refractivity contribution in [3.63, 3.8) is 0 Å². The van der Waals surface area contributed by atoms with Gasteiger partial charge >= 0.3 is 0 Å². The standard InChI is InChI=1S/C18H22N6O/c1-9(2)15(16-22-13-6-5-10(3)7-14(13)23-16)24-17(25)12-8-20-18(19)21-11(12)4/h5-9,15H,1-4H3,(H,22,23)(H,24,25)(H2,19,20,21). The summed E-state index contributed by atoms with van der Waals surface area (Å²) in [4.78, 5) is 28.6. The highest BCUT2D eigenvalue weighted by Crippen LogP contribution is 2.23. The second-order valence-corrected chi connectivity index (χ2v) is 6.57. The molecule has 7 nitrogen and oxygen atoms in total. The number of aromatic amines is 1. The van der Waals surface area contributed by atoms with Crippen LogP contribution in [0.2, 0.25) is 0 Å². The molecule has 0 radical (unpaired) electrons. The molecule has 0 fully saturated rings. The first-order valence-electron chi connectivity index (χ1n) is 8.21. The SMILES string of the molecule is Cc1ccc2nc(C(NC(=O)c3cnc(N)nc3C)C(C)C)[nH]c2c1. The molecule has 4 N–H and O–H groups in total. The van der Waals surface area contributed by atoms with Crippen molar-refractivity contribution in [1.82, 2.24) is 25.3 Å². The zero-order valence-electron chi connectivity index (χ0n) is 14.8. The van der Waals surface area contributed by atoms with Crippen LogP contribution in [0.3, 0.4) is 0 Å². The predicted octanol–water partition coefficient (Wildman–Crippen LogP) is 2.68. The van der Waals surface area contributed by atoms with Crippen LogP contribution in [0.4, 0.5) is 5.95 Å². The van der Waals surface area contributed by atoms with E-state index in [1.54, 1.807) is 6.92 Å². The van der Waals surface area contributed by atoms with E-state index < -0.39 is 0 Å². The fourth-order valence-corrected chi connectivity index (χ4v) is 2.77. The Morgan fingerprint density at radius 3 is 2.68 bits per heavy atom. The summed E-state index contributed by atoms with van der Waals surface area (Å²) in [7, 11) is 0. The Morgan fingerprint density at radius 2 is 2.00 bits per heavy atom. The largest absolute Gasteiger partial charge is 0.368 e. The number of hydrogen-bond acceptors (Lipinski definition) is 5. The van der Waals surface area contributed by atoms with Crippen LogP contribution in [0.15, 0.2) is 24.4 Å². The molecule has 0 aliphatic rings. The maximum absolute atomic E-state index is 12.7. The van der Waals surface area contributed by atoms with E-state index in [1.807, 2.05) is 39.0 Å².